The van der Waals surface area contributed by atoms with Gasteiger partial charge in [0, 0.05) is 24.3 Å². The predicted molar refractivity (Wildman–Crippen MR) is 240 cm³/mol. The molecule has 65 heavy (non-hydrogen) atoms. The molecule has 1 amide bonds. The number of ketones is 1. The van der Waals surface area contributed by atoms with Crippen molar-refractivity contribution in [3.8, 4) is 0 Å². The molecule has 14 nitrogen and oxygen atoms in total. The second-order valence-electron chi connectivity index (χ2n) is 18.5. The Bertz CT molecular complexity index is 2290. The summed E-state index contributed by atoms with van der Waals surface area (Å²) in [5.41, 5.74) is -3.13. The Kier molecular flexibility index (Phi) is 13.5. The van der Waals surface area contributed by atoms with Crippen LogP contribution in [0.3, 0.4) is 0 Å². The minimum absolute atomic E-state index is 0.133. The Labute approximate surface area is 381 Å². The maximum Gasteiger partial charge on any atom is 0.338 e. The van der Waals surface area contributed by atoms with Gasteiger partial charge in [-0.2, -0.15) is 0 Å². The maximum atomic E-state index is 15.9. The summed E-state index contributed by atoms with van der Waals surface area (Å²) in [7, 11) is -2.52. The smallest absolute Gasteiger partial charge is 0.338 e. The molecule has 3 aromatic carbocycles. The molecule has 0 aromatic heterocycles. The monoisotopic (exact) mass is 911 g/mol. The summed E-state index contributed by atoms with van der Waals surface area (Å²) in [6, 6.07) is 26.2. The van der Waals surface area contributed by atoms with Crippen LogP contribution in [-0.4, -0.2) is 103 Å². The zero-order chi connectivity index (χ0) is 47.1. The normalized spacial score (nSPS) is 30.6. The van der Waals surface area contributed by atoms with Crippen LogP contribution in [-0.2, 0) is 42.5 Å². The molecule has 7 rings (SSSR count). The van der Waals surface area contributed by atoms with Gasteiger partial charge in [0.15, 0.2) is 31.9 Å². The van der Waals surface area contributed by atoms with E-state index in [2.05, 4.69) is 26.1 Å². The number of fused-ring (bicyclic) bond motifs is 5. The van der Waals surface area contributed by atoms with E-state index in [1.807, 2.05) is 0 Å². The number of aliphatic hydroxyl groups is 2. The van der Waals surface area contributed by atoms with Crippen LogP contribution in [0.4, 0.5) is 0 Å². The van der Waals surface area contributed by atoms with Crippen LogP contribution in [0.5, 0.6) is 0 Å². The predicted octanol–water partition coefficient (Wildman–Crippen LogP) is 6.42. The molecule has 3 N–H and O–H groups in total. The van der Waals surface area contributed by atoms with Gasteiger partial charge >= 0.3 is 17.9 Å². The Hall–Kier alpha value is -5.03. The molecule has 4 aliphatic rings. The van der Waals surface area contributed by atoms with Crippen molar-refractivity contribution >= 4 is 37.9 Å². The second-order valence-corrected chi connectivity index (χ2v) is 23.3. The first-order valence-corrected chi connectivity index (χ1v) is 25.0. The van der Waals surface area contributed by atoms with Crippen molar-refractivity contribution in [3.63, 3.8) is 0 Å². The lowest BCUT2D eigenvalue weighted by Crippen LogP contribution is -2.80. The summed E-state index contributed by atoms with van der Waals surface area (Å²) in [6.45, 7) is 13.6. The topological polar surface area (TPSA) is 193 Å². The van der Waals surface area contributed by atoms with Crippen LogP contribution in [0.15, 0.2) is 102 Å². The number of ether oxygens (including phenoxy) is 5. The van der Waals surface area contributed by atoms with Gasteiger partial charge in [0.1, 0.15) is 18.8 Å². The molecule has 3 heterocycles. The van der Waals surface area contributed by atoms with Gasteiger partial charge in [-0.3, -0.25) is 14.4 Å². The summed E-state index contributed by atoms with van der Waals surface area (Å²) in [5, 5.41) is 27.7. The fourth-order valence-corrected chi connectivity index (χ4v) is 13.8. The van der Waals surface area contributed by atoms with E-state index in [1.54, 1.807) is 119 Å². The lowest BCUT2D eigenvalue weighted by molar-refractivity contribution is -0.355. The van der Waals surface area contributed by atoms with E-state index in [0.29, 0.717) is 16.7 Å². The Morgan fingerprint density at radius 2 is 1.43 bits per heavy atom. The second kappa shape index (κ2) is 18.3. The molecule has 1 saturated carbocycles. The van der Waals surface area contributed by atoms with Crippen molar-refractivity contribution in [1.82, 2.24) is 5.32 Å². The molecule has 0 spiro atoms. The number of benzene rings is 3. The Balaban J connectivity index is 1.31. The van der Waals surface area contributed by atoms with Gasteiger partial charge in [0.2, 0.25) is 5.79 Å². The van der Waals surface area contributed by atoms with Gasteiger partial charge in [-0.05, 0) is 73.0 Å². The number of esters is 3. The molecule has 2 unspecified atom stereocenters. The van der Waals surface area contributed by atoms with Crippen LogP contribution in [0.2, 0.25) is 18.1 Å². The highest BCUT2D eigenvalue weighted by atomic mass is 28.4. The molecule has 3 aliphatic heterocycles. The summed E-state index contributed by atoms with van der Waals surface area (Å²) in [5.74, 6) is -7.20. The molecular weight excluding hydrogens is 851 g/mol. The molecule has 0 radical (unpaired) electrons. The van der Waals surface area contributed by atoms with E-state index >= 15 is 4.79 Å². The number of aliphatic hydroxyl groups excluding tert-OH is 1. The largest absolute Gasteiger partial charge is 0.459 e. The van der Waals surface area contributed by atoms with Crippen LogP contribution < -0.4 is 5.32 Å². The SMILES string of the molecule is CC[Si](CC)(CC)O[C@H]1C[C@H]2OC[C@@]2(OC(C)=O)C2C(OC(=O)c3ccccc3)[C@@]3(O)O[C@@H](C(=O)[C@@]21C)/C(=C(\C)COC(=O)[C@H](O)[C@@H](NC(=O)c1ccccc1)c1ccccc1)C3(C)C. The van der Waals surface area contributed by atoms with Gasteiger partial charge in [-0.15, -0.1) is 0 Å². The molecular formula is C50H61NO13Si. The zero-order valence-corrected chi connectivity index (χ0v) is 39.3. The maximum absolute atomic E-state index is 15.9. The number of amides is 1. The van der Waals surface area contributed by atoms with Gasteiger partial charge in [0.25, 0.3) is 5.91 Å². The summed E-state index contributed by atoms with van der Waals surface area (Å²) >= 11 is 0. The highest BCUT2D eigenvalue weighted by Gasteiger charge is 2.81. The Morgan fingerprint density at radius 1 is 0.862 bits per heavy atom. The zero-order valence-electron chi connectivity index (χ0n) is 38.3. The third kappa shape index (κ3) is 8.18. The van der Waals surface area contributed by atoms with Gasteiger partial charge < -0.3 is 43.6 Å². The summed E-state index contributed by atoms with van der Waals surface area (Å²) < 4.78 is 38.6. The van der Waals surface area contributed by atoms with E-state index < -0.39 is 109 Å². The number of Topliss-reactive ketones (excluding diaryl/α,β-unsaturated/α-hetero) is 1. The van der Waals surface area contributed by atoms with Crippen LogP contribution in [0.25, 0.3) is 0 Å². The average molecular weight is 912 g/mol. The third-order valence-electron chi connectivity index (χ3n) is 14.7. The molecule has 10 atom stereocenters. The minimum atomic E-state index is -2.52. The number of carbonyl (C=O) groups is 5. The van der Waals surface area contributed by atoms with E-state index in [1.165, 1.54) is 6.92 Å². The van der Waals surface area contributed by atoms with Crippen molar-refractivity contribution in [2.24, 2.45) is 16.7 Å². The van der Waals surface area contributed by atoms with E-state index in [4.69, 9.17) is 28.1 Å². The first kappa shape index (κ1) is 47.9. The van der Waals surface area contributed by atoms with Crippen LogP contribution >= 0.6 is 0 Å². The van der Waals surface area contributed by atoms with E-state index in [-0.39, 0.29) is 24.2 Å². The van der Waals surface area contributed by atoms with Gasteiger partial charge in [-0.25, -0.2) is 9.59 Å². The summed E-state index contributed by atoms with van der Waals surface area (Å²) in [6.07, 6.45) is -6.43. The minimum Gasteiger partial charge on any atom is -0.459 e. The van der Waals surface area contributed by atoms with E-state index in [0.717, 1.165) is 18.1 Å². The fraction of sp³-hybridized carbons (Fsp3) is 0.500. The fourth-order valence-electron chi connectivity index (χ4n) is 10.8. The molecule has 4 fully saturated rings. The first-order chi connectivity index (χ1) is 30.8. The molecule has 1 aliphatic carbocycles. The Morgan fingerprint density at radius 3 is 1.97 bits per heavy atom. The van der Waals surface area contributed by atoms with E-state index in [9.17, 15) is 29.4 Å². The van der Waals surface area contributed by atoms with Crippen LogP contribution in [0.1, 0.15) is 94.1 Å². The van der Waals surface area contributed by atoms with Crippen molar-refractivity contribution in [1.29, 1.82) is 0 Å². The lowest BCUT2D eigenvalue weighted by Gasteiger charge is -2.65. The van der Waals surface area contributed by atoms with Crippen molar-refractivity contribution in [2.75, 3.05) is 13.2 Å². The van der Waals surface area contributed by atoms with Gasteiger partial charge in [-0.1, -0.05) is 101 Å². The number of carbonyl (C=O) groups excluding carboxylic acids is 5. The van der Waals surface area contributed by atoms with Crippen molar-refractivity contribution in [3.05, 3.63) is 119 Å². The first-order valence-electron chi connectivity index (χ1n) is 22.5. The molecule has 348 valence electrons. The molecule has 2 bridgehead atoms. The highest BCUT2D eigenvalue weighted by molar-refractivity contribution is 6.73. The number of nitrogens with one attached hydrogen (secondary N) is 1. The molecule has 15 heteroatoms. The third-order valence-corrected chi connectivity index (χ3v) is 19.4. The standard InChI is InChI=1S/C50H61NO13Si/c1-9-65(10-2,11-3)64-35-27-36-49(29-60-36,62-31(5)52)41-43(61-45(56)34-25-19-14-20-26-34)50(58)47(6,7)37(40(63-50)42(54)48(35,41)8)30(4)28-59-46(57)39(53)38(32-21-15-12-16-22-32)51-44(55)33-23-17-13-18-24-33/h12-26,35-36,38-41,43,53,58H,9-11,27-29H2,1-8H3,(H,51,55)/b37-30-/t35-,36+,38-,39+,40+,41?,43?,48+,49-,50+/m0/s1. The lowest BCUT2D eigenvalue weighted by atomic mass is 9.49. The summed E-state index contributed by atoms with van der Waals surface area (Å²) in [4.78, 5) is 70.5. The number of rotatable bonds is 15. The number of hydrogen-bond donors (Lipinski definition) is 3. The molecule has 3 saturated heterocycles. The highest BCUT2D eigenvalue weighted by Crippen LogP contribution is 2.66. The van der Waals surface area contributed by atoms with Crippen molar-refractivity contribution in [2.45, 2.75) is 128 Å². The quantitative estimate of drug-likeness (QED) is 0.0656. The van der Waals surface area contributed by atoms with Gasteiger partial charge in [0.05, 0.1) is 35.6 Å². The number of hydrogen-bond acceptors (Lipinski definition) is 13. The average Bonchev–Trinajstić information content (AvgIpc) is 3.49. The van der Waals surface area contributed by atoms with Crippen LogP contribution in [0, 0.1) is 16.7 Å². The molecule has 3 aromatic rings. The van der Waals surface area contributed by atoms with Crippen molar-refractivity contribution < 1.29 is 62.3 Å².